The third-order valence-electron chi connectivity index (χ3n) is 3.84. The Labute approximate surface area is 152 Å². The Hall–Kier alpha value is -3.18. The predicted octanol–water partition coefficient (Wildman–Crippen LogP) is 1.88. The van der Waals surface area contributed by atoms with E-state index in [1.165, 1.54) is 10.6 Å². The van der Waals surface area contributed by atoms with E-state index in [0.717, 1.165) is 21.5 Å². The molecule has 2 heterocycles. The first-order chi connectivity index (χ1) is 12.5. The molecular weight excluding hydrogens is 354 g/mol. The van der Waals surface area contributed by atoms with Crippen molar-refractivity contribution in [1.29, 1.82) is 5.26 Å². The first-order valence-corrected chi connectivity index (χ1v) is 8.66. The van der Waals surface area contributed by atoms with Crippen LogP contribution in [0.15, 0.2) is 46.0 Å². The number of aromatic nitrogens is 2. The quantitative estimate of drug-likeness (QED) is 0.506. The summed E-state index contributed by atoms with van der Waals surface area (Å²) >= 11 is 1.03. The lowest BCUT2D eigenvalue weighted by molar-refractivity contribution is 0.0519. The van der Waals surface area contributed by atoms with Gasteiger partial charge in [-0.2, -0.15) is 5.26 Å². The normalized spacial score (nSPS) is 10.6. The molecule has 0 atom stereocenters. The summed E-state index contributed by atoms with van der Waals surface area (Å²) in [6.45, 7) is 0.140. The molecule has 0 aliphatic heterocycles. The molecule has 0 fully saturated rings. The summed E-state index contributed by atoms with van der Waals surface area (Å²) in [4.78, 5) is 38.0. The van der Waals surface area contributed by atoms with E-state index < -0.39 is 17.2 Å². The van der Waals surface area contributed by atoms with Crippen LogP contribution in [0.1, 0.15) is 21.7 Å². The Kier molecular flexibility index (Phi) is 5.00. The third-order valence-corrected chi connectivity index (χ3v) is 5.03. The molecule has 3 rings (SSSR count). The van der Waals surface area contributed by atoms with E-state index in [9.17, 15) is 14.4 Å². The summed E-state index contributed by atoms with van der Waals surface area (Å²) in [6.07, 6.45) is 0.0962. The number of fused-ring (bicyclic) bond motifs is 1. The van der Waals surface area contributed by atoms with Crippen LogP contribution in [-0.4, -0.2) is 21.7 Å². The average Bonchev–Trinajstić information content (AvgIpc) is 3.10. The van der Waals surface area contributed by atoms with Gasteiger partial charge in [0.15, 0.2) is 0 Å². The van der Waals surface area contributed by atoms with Crippen molar-refractivity contribution >= 4 is 27.5 Å². The molecule has 0 aliphatic carbocycles. The number of carbonyl (C=O) groups excluding carboxylic acids is 1. The summed E-state index contributed by atoms with van der Waals surface area (Å²) in [5.41, 5.74) is -0.0608. The van der Waals surface area contributed by atoms with Gasteiger partial charge in [-0.15, -0.1) is 11.3 Å². The number of ether oxygens (including phenoxy) is 1. The lowest BCUT2D eigenvalue weighted by Crippen LogP contribution is -2.38. The maximum atomic E-state index is 12.8. The van der Waals surface area contributed by atoms with Gasteiger partial charge in [-0.1, -0.05) is 30.3 Å². The molecule has 0 bridgehead atoms. The minimum atomic E-state index is -0.608. The number of rotatable bonds is 5. The monoisotopic (exact) mass is 369 g/mol. The molecule has 0 spiro atoms. The Morgan fingerprint density at radius 2 is 2.00 bits per heavy atom. The average molecular weight is 369 g/mol. The number of esters is 1. The standard InChI is InChI=1S/C18H15N3O4S/c1-20-16-13(10-14(26-16)17(23)25-9-5-8-19)15(22)21(18(20)24)11-12-6-3-2-4-7-12/h2-4,6-7,10H,5,9,11H2,1H3. The van der Waals surface area contributed by atoms with Crippen molar-refractivity contribution in [3.05, 3.63) is 67.7 Å². The fraction of sp³-hybridized carbons (Fsp3) is 0.222. The van der Waals surface area contributed by atoms with Gasteiger partial charge in [0, 0.05) is 7.05 Å². The smallest absolute Gasteiger partial charge is 0.348 e. The first kappa shape index (κ1) is 17.6. The number of aryl methyl sites for hydroxylation is 1. The predicted molar refractivity (Wildman–Crippen MR) is 97.4 cm³/mol. The molecule has 8 heteroatoms. The SMILES string of the molecule is Cn1c(=O)n(Cc2ccccc2)c(=O)c2cc(C(=O)OCCC#N)sc21. The molecule has 2 aromatic heterocycles. The van der Waals surface area contributed by atoms with Crippen molar-refractivity contribution in [1.82, 2.24) is 9.13 Å². The molecule has 1 aromatic carbocycles. The number of nitrogens with zero attached hydrogens (tertiary/aromatic N) is 3. The van der Waals surface area contributed by atoms with Crippen molar-refractivity contribution in [3.63, 3.8) is 0 Å². The second kappa shape index (κ2) is 7.37. The number of carbonyl (C=O) groups is 1. The zero-order valence-corrected chi connectivity index (χ0v) is 14.8. The zero-order valence-electron chi connectivity index (χ0n) is 14.0. The molecule has 26 heavy (non-hydrogen) atoms. The van der Waals surface area contributed by atoms with Crippen LogP contribution in [0.5, 0.6) is 0 Å². The largest absolute Gasteiger partial charge is 0.460 e. The van der Waals surface area contributed by atoms with Gasteiger partial charge in [0.1, 0.15) is 16.3 Å². The van der Waals surface area contributed by atoms with E-state index in [0.29, 0.717) is 10.2 Å². The van der Waals surface area contributed by atoms with Crippen LogP contribution in [0.3, 0.4) is 0 Å². The van der Waals surface area contributed by atoms with Gasteiger partial charge in [0.25, 0.3) is 5.56 Å². The van der Waals surface area contributed by atoms with Gasteiger partial charge in [-0.3, -0.25) is 13.9 Å². The molecule has 0 radical (unpaired) electrons. The van der Waals surface area contributed by atoms with Crippen LogP contribution in [0, 0.1) is 11.3 Å². The van der Waals surface area contributed by atoms with Crippen LogP contribution in [0.25, 0.3) is 10.2 Å². The van der Waals surface area contributed by atoms with Gasteiger partial charge in [-0.05, 0) is 11.6 Å². The Morgan fingerprint density at radius 1 is 1.27 bits per heavy atom. The maximum Gasteiger partial charge on any atom is 0.348 e. The highest BCUT2D eigenvalue weighted by atomic mass is 32.1. The van der Waals surface area contributed by atoms with E-state index in [4.69, 9.17) is 10.00 Å². The fourth-order valence-corrected chi connectivity index (χ4v) is 3.55. The number of thiophene rings is 1. The molecule has 3 aromatic rings. The van der Waals surface area contributed by atoms with Crippen molar-refractivity contribution < 1.29 is 9.53 Å². The van der Waals surface area contributed by atoms with Crippen LogP contribution < -0.4 is 11.2 Å². The number of benzene rings is 1. The van der Waals surface area contributed by atoms with Crippen molar-refractivity contribution in [2.24, 2.45) is 7.05 Å². The molecule has 0 N–H and O–H groups in total. The van der Waals surface area contributed by atoms with Crippen LogP contribution in [-0.2, 0) is 18.3 Å². The van der Waals surface area contributed by atoms with E-state index in [1.54, 1.807) is 7.05 Å². The van der Waals surface area contributed by atoms with Crippen LogP contribution in [0.2, 0.25) is 0 Å². The number of nitriles is 1. The topological polar surface area (TPSA) is 94.1 Å². The minimum absolute atomic E-state index is 0.0131. The van der Waals surface area contributed by atoms with E-state index >= 15 is 0 Å². The molecule has 0 unspecified atom stereocenters. The van der Waals surface area contributed by atoms with Crippen LogP contribution >= 0.6 is 11.3 Å². The zero-order chi connectivity index (χ0) is 18.7. The third kappa shape index (κ3) is 3.30. The second-order valence-electron chi connectivity index (χ2n) is 5.59. The van der Waals surface area contributed by atoms with Crippen molar-refractivity contribution in [3.8, 4) is 6.07 Å². The minimum Gasteiger partial charge on any atom is -0.460 e. The lowest BCUT2D eigenvalue weighted by Gasteiger charge is -2.08. The Balaban J connectivity index is 2.04. The van der Waals surface area contributed by atoms with Crippen molar-refractivity contribution in [2.75, 3.05) is 6.61 Å². The maximum absolute atomic E-state index is 12.8. The molecule has 0 amide bonds. The highest BCUT2D eigenvalue weighted by Gasteiger charge is 2.18. The molecule has 0 saturated heterocycles. The van der Waals surface area contributed by atoms with Gasteiger partial charge in [-0.25, -0.2) is 9.59 Å². The van der Waals surface area contributed by atoms with E-state index in [2.05, 4.69) is 0 Å². The lowest BCUT2D eigenvalue weighted by atomic mass is 10.2. The Bertz CT molecular complexity index is 1120. The summed E-state index contributed by atoms with van der Waals surface area (Å²) in [6, 6.07) is 12.5. The number of hydrogen-bond acceptors (Lipinski definition) is 6. The molecule has 0 aliphatic rings. The van der Waals surface area contributed by atoms with Gasteiger partial charge >= 0.3 is 11.7 Å². The van der Waals surface area contributed by atoms with Gasteiger partial charge < -0.3 is 4.74 Å². The fourth-order valence-electron chi connectivity index (χ4n) is 2.55. The van der Waals surface area contributed by atoms with Crippen molar-refractivity contribution in [2.45, 2.75) is 13.0 Å². The van der Waals surface area contributed by atoms with Crippen LogP contribution in [0.4, 0.5) is 0 Å². The van der Waals surface area contributed by atoms with Gasteiger partial charge in [0.05, 0.1) is 24.4 Å². The molecule has 7 nitrogen and oxygen atoms in total. The van der Waals surface area contributed by atoms with E-state index in [-0.39, 0.29) is 24.4 Å². The first-order valence-electron chi connectivity index (χ1n) is 7.84. The molecular formula is C18H15N3O4S. The summed E-state index contributed by atoms with van der Waals surface area (Å²) in [5, 5.41) is 8.79. The highest BCUT2D eigenvalue weighted by molar-refractivity contribution is 7.20. The summed E-state index contributed by atoms with van der Waals surface area (Å²) < 4.78 is 7.49. The Morgan fingerprint density at radius 3 is 2.69 bits per heavy atom. The number of hydrogen-bond donors (Lipinski definition) is 0. The van der Waals surface area contributed by atoms with Gasteiger partial charge in [0.2, 0.25) is 0 Å². The summed E-state index contributed by atoms with van der Waals surface area (Å²) in [7, 11) is 1.56. The summed E-state index contributed by atoms with van der Waals surface area (Å²) in [5.74, 6) is -0.608. The second-order valence-corrected chi connectivity index (χ2v) is 6.62. The molecule has 132 valence electrons. The molecule has 0 saturated carbocycles. The van der Waals surface area contributed by atoms with E-state index in [1.807, 2.05) is 36.4 Å². The highest BCUT2D eigenvalue weighted by Crippen LogP contribution is 2.22.